The van der Waals surface area contributed by atoms with Crippen LogP contribution in [0.3, 0.4) is 0 Å². The number of rotatable bonds is 4. The van der Waals surface area contributed by atoms with Crippen molar-refractivity contribution in [3.63, 3.8) is 0 Å². The van der Waals surface area contributed by atoms with Crippen LogP contribution in [0.4, 0.5) is 0 Å². The van der Waals surface area contributed by atoms with E-state index < -0.39 is 0 Å². The van der Waals surface area contributed by atoms with Gasteiger partial charge < -0.3 is 13.6 Å². The van der Waals surface area contributed by atoms with Crippen molar-refractivity contribution >= 4 is 11.0 Å². The van der Waals surface area contributed by atoms with E-state index in [0.717, 1.165) is 33.6 Å². The Morgan fingerprint density at radius 3 is 2.64 bits per heavy atom. The number of hydrogen-bond donors (Lipinski definition) is 1. The summed E-state index contributed by atoms with van der Waals surface area (Å²) in [6.45, 7) is 5.35. The molecule has 0 aliphatic heterocycles. The largest absolute Gasteiger partial charge is 0.467 e. The second-order valence-electron chi connectivity index (χ2n) is 6.15. The molecule has 4 aromatic heterocycles. The summed E-state index contributed by atoms with van der Waals surface area (Å²) in [5.74, 6) is 0.810. The maximum Gasteiger partial charge on any atom is 0.146 e. The minimum absolute atomic E-state index is 0.454. The van der Waals surface area contributed by atoms with Crippen LogP contribution < -0.4 is 5.49 Å². The van der Waals surface area contributed by atoms with Gasteiger partial charge in [0.25, 0.3) is 0 Å². The zero-order valence-electron chi connectivity index (χ0n) is 14.2. The standard InChI is InChI=1S/C19H19N5O/c1-13-14(2)24(10-15-5-7-21-8-6-15)19-17(13)18(20)23(12-22-19)11-16-4-3-9-25-16/h3-9,12,20H,10-11H2,1-2H3. The van der Waals surface area contributed by atoms with Gasteiger partial charge in [0.1, 0.15) is 16.9 Å². The Hall–Kier alpha value is -3.15. The molecule has 1 N–H and O–H groups in total. The maximum atomic E-state index is 8.63. The molecule has 0 atom stereocenters. The van der Waals surface area contributed by atoms with Gasteiger partial charge in [0, 0.05) is 24.6 Å². The van der Waals surface area contributed by atoms with E-state index in [1.54, 1.807) is 25.0 Å². The fraction of sp³-hybridized carbons (Fsp3) is 0.211. The van der Waals surface area contributed by atoms with Crippen LogP contribution in [0, 0.1) is 19.3 Å². The number of furan rings is 1. The Labute approximate surface area is 144 Å². The molecule has 6 heteroatoms. The molecule has 0 aliphatic carbocycles. The predicted molar refractivity (Wildman–Crippen MR) is 94.2 cm³/mol. The number of hydrogen-bond acceptors (Lipinski definition) is 4. The lowest BCUT2D eigenvalue weighted by atomic mass is 10.2. The van der Waals surface area contributed by atoms with E-state index in [2.05, 4.69) is 28.4 Å². The lowest BCUT2D eigenvalue weighted by Crippen LogP contribution is -2.21. The first kappa shape index (κ1) is 15.4. The zero-order chi connectivity index (χ0) is 17.4. The van der Waals surface area contributed by atoms with E-state index in [0.29, 0.717) is 18.6 Å². The van der Waals surface area contributed by atoms with E-state index in [1.807, 2.05) is 28.8 Å². The number of fused-ring (bicyclic) bond motifs is 1. The van der Waals surface area contributed by atoms with Crippen LogP contribution in [-0.4, -0.2) is 19.1 Å². The Morgan fingerprint density at radius 1 is 1.12 bits per heavy atom. The number of nitrogens with one attached hydrogen (secondary N) is 1. The highest BCUT2D eigenvalue weighted by Gasteiger charge is 2.15. The van der Waals surface area contributed by atoms with E-state index in [9.17, 15) is 0 Å². The van der Waals surface area contributed by atoms with Gasteiger partial charge in [-0.25, -0.2) is 4.98 Å². The van der Waals surface area contributed by atoms with Crippen LogP contribution in [-0.2, 0) is 13.1 Å². The highest BCUT2D eigenvalue weighted by Crippen LogP contribution is 2.22. The Bertz CT molecular complexity index is 1070. The molecule has 0 amide bonds. The van der Waals surface area contributed by atoms with Gasteiger partial charge in [-0.15, -0.1) is 0 Å². The molecule has 6 nitrogen and oxygen atoms in total. The maximum absolute atomic E-state index is 8.63. The fourth-order valence-corrected chi connectivity index (χ4v) is 3.14. The molecule has 0 aromatic carbocycles. The summed E-state index contributed by atoms with van der Waals surface area (Å²) >= 11 is 0. The minimum Gasteiger partial charge on any atom is -0.467 e. The average molecular weight is 333 g/mol. The molecule has 126 valence electrons. The third kappa shape index (κ3) is 2.65. The zero-order valence-corrected chi connectivity index (χ0v) is 14.2. The SMILES string of the molecule is Cc1c(C)n(Cc2ccncc2)c2ncn(Cc3ccco3)c(=N)c12. The van der Waals surface area contributed by atoms with Gasteiger partial charge in [0.15, 0.2) is 0 Å². The van der Waals surface area contributed by atoms with Gasteiger partial charge in [-0.2, -0.15) is 0 Å². The first-order valence-corrected chi connectivity index (χ1v) is 8.16. The van der Waals surface area contributed by atoms with Gasteiger partial charge in [-0.3, -0.25) is 10.4 Å². The molecule has 0 radical (unpaired) electrons. The van der Waals surface area contributed by atoms with Gasteiger partial charge in [-0.1, -0.05) is 0 Å². The highest BCUT2D eigenvalue weighted by atomic mass is 16.3. The second-order valence-corrected chi connectivity index (χ2v) is 6.15. The van der Waals surface area contributed by atoms with Crippen LogP contribution in [0.25, 0.3) is 11.0 Å². The lowest BCUT2D eigenvalue weighted by molar-refractivity contribution is 0.486. The Morgan fingerprint density at radius 2 is 1.92 bits per heavy atom. The fourth-order valence-electron chi connectivity index (χ4n) is 3.14. The van der Waals surface area contributed by atoms with Crippen molar-refractivity contribution in [3.8, 4) is 0 Å². The van der Waals surface area contributed by atoms with Gasteiger partial charge >= 0.3 is 0 Å². The first-order valence-electron chi connectivity index (χ1n) is 8.16. The summed E-state index contributed by atoms with van der Waals surface area (Å²) in [7, 11) is 0. The quantitative estimate of drug-likeness (QED) is 0.624. The monoisotopic (exact) mass is 333 g/mol. The molecule has 0 aliphatic rings. The van der Waals surface area contributed by atoms with Crippen LogP contribution in [0.15, 0.2) is 53.7 Å². The van der Waals surface area contributed by atoms with Gasteiger partial charge in [-0.05, 0) is 49.2 Å². The van der Waals surface area contributed by atoms with Gasteiger partial charge in [0.2, 0.25) is 0 Å². The van der Waals surface area contributed by atoms with E-state index in [-0.39, 0.29) is 0 Å². The highest BCUT2D eigenvalue weighted by molar-refractivity contribution is 5.80. The molecule has 0 saturated heterocycles. The normalized spacial score (nSPS) is 11.3. The van der Waals surface area contributed by atoms with Crippen LogP contribution in [0.2, 0.25) is 0 Å². The topological polar surface area (TPSA) is 72.6 Å². The van der Waals surface area contributed by atoms with E-state index in [1.165, 1.54) is 0 Å². The molecule has 4 aromatic rings. The van der Waals surface area contributed by atoms with Crippen molar-refractivity contribution in [2.45, 2.75) is 26.9 Å². The molecule has 0 unspecified atom stereocenters. The van der Waals surface area contributed by atoms with Crippen molar-refractivity contribution in [3.05, 3.63) is 77.3 Å². The average Bonchev–Trinajstić information content (AvgIpc) is 3.21. The van der Waals surface area contributed by atoms with E-state index in [4.69, 9.17) is 9.83 Å². The van der Waals surface area contributed by atoms with Crippen LogP contribution >= 0.6 is 0 Å². The summed E-state index contributed by atoms with van der Waals surface area (Å²) in [6, 6.07) is 7.76. The summed E-state index contributed by atoms with van der Waals surface area (Å²) in [5, 5.41) is 9.52. The van der Waals surface area contributed by atoms with Gasteiger partial charge in [0.05, 0.1) is 24.5 Å². The third-order valence-electron chi connectivity index (χ3n) is 4.64. The predicted octanol–water partition coefficient (Wildman–Crippen LogP) is 3.02. The van der Waals surface area contributed by atoms with E-state index >= 15 is 0 Å². The molecule has 0 saturated carbocycles. The summed E-state index contributed by atoms with van der Waals surface area (Å²) < 4.78 is 9.37. The molecule has 25 heavy (non-hydrogen) atoms. The molecular formula is C19H19N5O. The minimum atomic E-state index is 0.454. The van der Waals surface area contributed by atoms with Crippen molar-refractivity contribution in [1.29, 1.82) is 5.41 Å². The summed E-state index contributed by atoms with van der Waals surface area (Å²) in [4.78, 5) is 8.72. The molecule has 4 heterocycles. The van der Waals surface area contributed by atoms with Crippen molar-refractivity contribution in [2.24, 2.45) is 0 Å². The molecule has 0 fully saturated rings. The number of aryl methyl sites for hydroxylation is 1. The van der Waals surface area contributed by atoms with Crippen LogP contribution in [0.1, 0.15) is 22.6 Å². The smallest absolute Gasteiger partial charge is 0.146 e. The molecular weight excluding hydrogens is 314 g/mol. The molecule has 4 rings (SSSR count). The van der Waals surface area contributed by atoms with Crippen LogP contribution in [0.5, 0.6) is 0 Å². The molecule has 0 bridgehead atoms. The molecule has 0 spiro atoms. The summed E-state index contributed by atoms with van der Waals surface area (Å²) in [5.41, 5.74) is 4.68. The number of pyridine rings is 1. The summed E-state index contributed by atoms with van der Waals surface area (Å²) in [6.07, 6.45) is 6.95. The first-order chi connectivity index (χ1) is 12.1. The lowest BCUT2D eigenvalue weighted by Gasteiger charge is -2.09. The van der Waals surface area contributed by atoms with Crippen molar-refractivity contribution in [2.75, 3.05) is 0 Å². The van der Waals surface area contributed by atoms with Crippen molar-refractivity contribution in [1.82, 2.24) is 19.1 Å². The third-order valence-corrected chi connectivity index (χ3v) is 4.64. The second kappa shape index (κ2) is 6.05. The van der Waals surface area contributed by atoms with Crippen molar-refractivity contribution < 1.29 is 4.42 Å². The Balaban J connectivity index is 1.82. The number of nitrogens with zero attached hydrogens (tertiary/aromatic N) is 4. The number of aromatic nitrogens is 4. The Kier molecular flexibility index (Phi) is 3.72.